The molecule has 0 radical (unpaired) electrons. The van der Waals surface area contributed by atoms with Gasteiger partial charge in [0.1, 0.15) is 16.8 Å². The third kappa shape index (κ3) is 4.82. The summed E-state index contributed by atoms with van der Waals surface area (Å²) in [7, 11) is -3.96. The van der Waals surface area contributed by atoms with Gasteiger partial charge >= 0.3 is 5.97 Å². The fourth-order valence-corrected chi connectivity index (χ4v) is 3.70. The maximum atomic E-state index is 12.5. The Morgan fingerprint density at radius 2 is 1.88 bits per heavy atom. The van der Waals surface area contributed by atoms with Crippen LogP contribution in [0.3, 0.4) is 0 Å². The highest BCUT2D eigenvalue weighted by molar-refractivity contribution is 7.89. The minimum atomic E-state index is -3.96. The van der Waals surface area contributed by atoms with E-state index in [-0.39, 0.29) is 10.0 Å². The Morgan fingerprint density at radius 3 is 2.48 bits per heavy atom. The van der Waals surface area contributed by atoms with E-state index in [0.717, 1.165) is 0 Å². The second-order valence-electron chi connectivity index (χ2n) is 6.48. The lowest BCUT2D eigenvalue weighted by Gasteiger charge is -2.22. The number of benzene rings is 1. The van der Waals surface area contributed by atoms with Crippen molar-refractivity contribution in [1.82, 2.24) is 9.71 Å². The fourth-order valence-electron chi connectivity index (χ4n) is 2.06. The number of carbonyl (C=O) groups is 1. The molecule has 0 amide bonds. The lowest BCUT2D eigenvalue weighted by Crippen LogP contribution is -2.42. The Balaban J connectivity index is 2.32. The lowest BCUT2D eigenvalue weighted by molar-refractivity contribution is -0.156. The van der Waals surface area contributed by atoms with Crippen molar-refractivity contribution in [3.05, 3.63) is 34.6 Å². The quantitative estimate of drug-likeness (QED) is 0.621. The molecule has 0 bridgehead atoms. The second kappa shape index (κ2) is 7.07. The summed E-state index contributed by atoms with van der Waals surface area (Å²) in [5.41, 5.74) is -0.713. The Labute approximate surface area is 156 Å². The molecule has 1 heterocycles. The summed E-state index contributed by atoms with van der Waals surface area (Å²) in [6, 6.07) is 3.24. The summed E-state index contributed by atoms with van der Waals surface area (Å²) in [4.78, 5) is 15.8. The predicted octanol–water partition coefficient (Wildman–Crippen LogP) is 3.55. The predicted molar refractivity (Wildman–Crippen MR) is 97.4 cm³/mol. The number of fused-ring (bicyclic) bond motifs is 1. The molecule has 0 saturated carbocycles. The largest absolute Gasteiger partial charge is 0.459 e. The van der Waals surface area contributed by atoms with E-state index in [4.69, 9.17) is 27.9 Å². The highest BCUT2D eigenvalue weighted by Gasteiger charge is 2.26. The first-order valence-electron chi connectivity index (χ1n) is 7.40. The van der Waals surface area contributed by atoms with Crippen LogP contribution in [0.25, 0.3) is 10.8 Å². The number of nitrogens with zero attached hydrogens (tertiary/aromatic N) is 1. The van der Waals surface area contributed by atoms with Gasteiger partial charge in [-0.25, -0.2) is 13.4 Å². The smallest absolute Gasteiger partial charge is 0.324 e. The van der Waals surface area contributed by atoms with Crippen molar-refractivity contribution in [2.24, 2.45) is 0 Å². The molecular formula is C16H18Cl2N2O4S. The highest BCUT2D eigenvalue weighted by Crippen LogP contribution is 2.29. The van der Waals surface area contributed by atoms with Crippen LogP contribution in [0.5, 0.6) is 0 Å². The summed E-state index contributed by atoms with van der Waals surface area (Å²) in [6.45, 7) is 6.52. The van der Waals surface area contributed by atoms with E-state index < -0.39 is 27.6 Å². The molecule has 2 rings (SSSR count). The van der Waals surface area contributed by atoms with Gasteiger partial charge in [-0.1, -0.05) is 29.3 Å². The molecule has 136 valence electrons. The molecule has 1 aromatic carbocycles. The zero-order valence-electron chi connectivity index (χ0n) is 14.1. The first-order chi connectivity index (χ1) is 11.4. The molecule has 6 nitrogen and oxygen atoms in total. The van der Waals surface area contributed by atoms with Gasteiger partial charge in [0.15, 0.2) is 0 Å². The Bertz CT molecular complexity index is 924. The van der Waals surface area contributed by atoms with Gasteiger partial charge in [0.25, 0.3) is 0 Å². The number of esters is 1. The van der Waals surface area contributed by atoms with Crippen LogP contribution in [-0.4, -0.2) is 31.0 Å². The minimum absolute atomic E-state index is 0.0543. The van der Waals surface area contributed by atoms with Gasteiger partial charge in [-0.05, 0) is 39.8 Å². The molecule has 0 aliphatic carbocycles. The number of halogens is 2. The first-order valence-corrected chi connectivity index (χ1v) is 9.63. The highest BCUT2D eigenvalue weighted by atomic mass is 35.5. The van der Waals surface area contributed by atoms with Crippen molar-refractivity contribution in [3.63, 3.8) is 0 Å². The van der Waals surface area contributed by atoms with Gasteiger partial charge in [-0.2, -0.15) is 4.72 Å². The van der Waals surface area contributed by atoms with Crippen molar-refractivity contribution in [3.8, 4) is 0 Å². The molecule has 9 heteroatoms. The molecule has 0 aliphatic heterocycles. The van der Waals surface area contributed by atoms with Gasteiger partial charge < -0.3 is 4.74 Å². The van der Waals surface area contributed by atoms with E-state index in [9.17, 15) is 13.2 Å². The summed E-state index contributed by atoms with van der Waals surface area (Å²) < 4.78 is 32.5. The standard InChI is InChI=1S/C16H18Cl2N2O4S/c1-9(15(21)24-16(2,3)4)20-25(22,23)10-5-6-11-12(7-10)14(18)19-8-13(11)17/h5-9,20H,1-4H3/t9-/m1/s1. The molecule has 1 atom stereocenters. The number of rotatable bonds is 4. The van der Waals surface area contributed by atoms with E-state index in [2.05, 4.69) is 9.71 Å². The zero-order chi connectivity index (χ0) is 19.0. The lowest BCUT2D eigenvalue weighted by atomic mass is 10.2. The number of pyridine rings is 1. The molecule has 1 aromatic heterocycles. The molecule has 0 spiro atoms. The molecule has 2 aromatic rings. The van der Waals surface area contributed by atoms with Crippen LogP contribution in [0, 0.1) is 0 Å². The van der Waals surface area contributed by atoms with Crippen LogP contribution in [0.2, 0.25) is 10.2 Å². The normalized spacial score (nSPS) is 13.7. The maximum absolute atomic E-state index is 12.5. The second-order valence-corrected chi connectivity index (χ2v) is 8.96. The molecule has 0 unspecified atom stereocenters. The number of ether oxygens (including phenoxy) is 1. The van der Waals surface area contributed by atoms with Gasteiger partial charge in [0, 0.05) is 17.0 Å². The SMILES string of the molecule is C[C@@H](NS(=O)(=O)c1ccc2c(Cl)cnc(Cl)c2c1)C(=O)OC(C)(C)C. The van der Waals surface area contributed by atoms with E-state index in [1.807, 2.05) is 0 Å². The van der Waals surface area contributed by atoms with Crippen molar-refractivity contribution in [2.45, 2.75) is 44.2 Å². The van der Waals surface area contributed by atoms with Crippen LogP contribution in [0.4, 0.5) is 0 Å². The third-order valence-corrected chi connectivity index (χ3v) is 5.31. The van der Waals surface area contributed by atoms with Crippen molar-refractivity contribution < 1.29 is 17.9 Å². The average Bonchev–Trinajstić information content (AvgIpc) is 2.48. The first kappa shape index (κ1) is 19.9. The van der Waals surface area contributed by atoms with Crippen LogP contribution >= 0.6 is 23.2 Å². The van der Waals surface area contributed by atoms with Gasteiger partial charge in [-0.15, -0.1) is 0 Å². The maximum Gasteiger partial charge on any atom is 0.324 e. The topological polar surface area (TPSA) is 85.4 Å². The summed E-state index contributed by atoms with van der Waals surface area (Å²) in [5, 5.41) is 1.48. The van der Waals surface area contributed by atoms with Gasteiger partial charge in [0.2, 0.25) is 10.0 Å². The third-order valence-electron chi connectivity index (χ3n) is 3.16. The van der Waals surface area contributed by atoms with E-state index in [1.54, 1.807) is 20.8 Å². The van der Waals surface area contributed by atoms with Crippen molar-refractivity contribution in [1.29, 1.82) is 0 Å². The molecule has 0 fully saturated rings. The summed E-state index contributed by atoms with van der Waals surface area (Å²) in [6.07, 6.45) is 1.39. The van der Waals surface area contributed by atoms with Gasteiger partial charge in [-0.3, -0.25) is 4.79 Å². The molecule has 0 aliphatic rings. The van der Waals surface area contributed by atoms with Gasteiger partial charge in [0.05, 0.1) is 9.92 Å². The number of hydrogen-bond donors (Lipinski definition) is 1. The minimum Gasteiger partial charge on any atom is -0.459 e. The van der Waals surface area contributed by atoms with E-state index >= 15 is 0 Å². The van der Waals surface area contributed by atoms with Crippen molar-refractivity contribution >= 4 is 50.0 Å². The number of carbonyl (C=O) groups excluding carboxylic acids is 1. The molecule has 0 saturated heterocycles. The monoisotopic (exact) mass is 404 g/mol. The summed E-state index contributed by atoms with van der Waals surface area (Å²) in [5.74, 6) is -0.667. The van der Waals surface area contributed by atoms with Crippen molar-refractivity contribution in [2.75, 3.05) is 0 Å². The molecular weight excluding hydrogens is 387 g/mol. The number of nitrogens with one attached hydrogen (secondary N) is 1. The Kier molecular flexibility index (Phi) is 5.63. The average molecular weight is 405 g/mol. The van der Waals surface area contributed by atoms with Crippen LogP contribution in [0.15, 0.2) is 29.3 Å². The van der Waals surface area contributed by atoms with Crippen LogP contribution in [-0.2, 0) is 19.6 Å². The summed E-state index contributed by atoms with van der Waals surface area (Å²) >= 11 is 12.1. The fraction of sp³-hybridized carbons (Fsp3) is 0.375. The molecule has 25 heavy (non-hydrogen) atoms. The number of aromatic nitrogens is 1. The number of sulfonamides is 1. The zero-order valence-corrected chi connectivity index (χ0v) is 16.5. The number of hydrogen-bond acceptors (Lipinski definition) is 5. The Hall–Kier alpha value is -1.41. The van der Waals surface area contributed by atoms with Crippen LogP contribution in [0.1, 0.15) is 27.7 Å². The van der Waals surface area contributed by atoms with E-state index in [1.165, 1.54) is 31.3 Å². The Morgan fingerprint density at radius 1 is 1.24 bits per heavy atom. The van der Waals surface area contributed by atoms with E-state index in [0.29, 0.717) is 15.8 Å². The van der Waals surface area contributed by atoms with Crippen LogP contribution < -0.4 is 4.72 Å². The molecule has 1 N–H and O–H groups in total.